The number of hydrogen-bond donors (Lipinski definition) is 3. The molecule has 0 aliphatic heterocycles. The molecule has 0 saturated heterocycles. The van der Waals surface area contributed by atoms with E-state index in [9.17, 15) is 14.4 Å². The van der Waals surface area contributed by atoms with Gasteiger partial charge in [0.25, 0.3) is 0 Å². The Labute approximate surface area is 193 Å². The molecule has 0 heterocycles. The number of carboxylic acids is 1. The molecule has 7 nitrogen and oxygen atoms in total. The molecule has 2 aliphatic rings. The lowest BCUT2D eigenvalue weighted by Gasteiger charge is -2.34. The minimum absolute atomic E-state index is 0.00538. The van der Waals surface area contributed by atoms with E-state index in [1.165, 1.54) is 11.1 Å². The van der Waals surface area contributed by atoms with Crippen molar-refractivity contribution >= 4 is 18.0 Å². The molecule has 0 aromatic heterocycles. The topological polar surface area (TPSA) is 105 Å². The third-order valence-electron chi connectivity index (χ3n) is 6.58. The maximum Gasteiger partial charge on any atom is 0.407 e. The monoisotopic (exact) mass is 450 g/mol. The van der Waals surface area contributed by atoms with E-state index in [0.717, 1.165) is 24.0 Å². The number of carboxylic acid groups (broad SMARTS) is 1. The van der Waals surface area contributed by atoms with Gasteiger partial charge in [0.05, 0.1) is 0 Å². The predicted molar refractivity (Wildman–Crippen MR) is 124 cm³/mol. The number of rotatable bonds is 9. The second-order valence-electron chi connectivity index (χ2n) is 9.18. The molecule has 0 spiro atoms. The average molecular weight is 451 g/mol. The fourth-order valence-corrected chi connectivity index (χ4v) is 4.95. The minimum atomic E-state index is -0.768. The number of benzene rings is 2. The summed E-state index contributed by atoms with van der Waals surface area (Å²) in [6.07, 6.45) is 1.49. The van der Waals surface area contributed by atoms with Crippen LogP contribution in [0.5, 0.6) is 0 Å². The van der Waals surface area contributed by atoms with E-state index in [4.69, 9.17) is 9.84 Å². The summed E-state index contributed by atoms with van der Waals surface area (Å²) in [5.74, 6) is -0.352. The number of nitrogens with one attached hydrogen (secondary N) is 2. The molecule has 2 aromatic carbocycles. The van der Waals surface area contributed by atoms with Gasteiger partial charge in [0.15, 0.2) is 0 Å². The lowest BCUT2D eigenvalue weighted by Crippen LogP contribution is -2.41. The van der Waals surface area contributed by atoms with Crippen LogP contribution >= 0.6 is 0 Å². The molecule has 0 radical (unpaired) electrons. The van der Waals surface area contributed by atoms with Gasteiger partial charge in [-0.1, -0.05) is 48.5 Å². The summed E-state index contributed by atoms with van der Waals surface area (Å²) in [6, 6.07) is 16.0. The van der Waals surface area contributed by atoms with Crippen LogP contribution in [-0.4, -0.2) is 42.3 Å². The Balaban J connectivity index is 1.19. The fourth-order valence-electron chi connectivity index (χ4n) is 4.95. The lowest BCUT2D eigenvalue weighted by atomic mass is 9.73. The molecule has 3 N–H and O–H groups in total. The number of hydrogen-bond acceptors (Lipinski definition) is 4. The fraction of sp³-hybridized carbons (Fsp3) is 0.423. The van der Waals surface area contributed by atoms with Gasteiger partial charge in [0.1, 0.15) is 6.61 Å². The Kier molecular flexibility index (Phi) is 6.96. The highest BCUT2D eigenvalue weighted by Crippen LogP contribution is 2.44. The van der Waals surface area contributed by atoms with Crippen molar-refractivity contribution in [2.24, 2.45) is 11.8 Å². The first-order valence-electron chi connectivity index (χ1n) is 11.5. The highest BCUT2D eigenvalue weighted by atomic mass is 16.5. The molecule has 174 valence electrons. The van der Waals surface area contributed by atoms with E-state index in [1.54, 1.807) is 6.92 Å². The Bertz CT molecular complexity index is 985. The molecular formula is C26H30N2O5. The van der Waals surface area contributed by atoms with E-state index in [0.29, 0.717) is 12.5 Å². The molecule has 7 heteroatoms. The number of amides is 2. The predicted octanol–water partition coefficient (Wildman–Crippen LogP) is 3.92. The lowest BCUT2D eigenvalue weighted by molar-refractivity contribution is -0.139. The second kappa shape index (κ2) is 10.1. The second-order valence-corrected chi connectivity index (χ2v) is 9.18. The molecule has 1 fully saturated rings. The zero-order valence-corrected chi connectivity index (χ0v) is 18.8. The third kappa shape index (κ3) is 5.53. The number of ether oxygens (including phenoxy) is 1. The maximum atomic E-state index is 12.3. The van der Waals surface area contributed by atoms with Gasteiger partial charge < -0.3 is 20.5 Å². The maximum absolute atomic E-state index is 12.3. The van der Waals surface area contributed by atoms with Crippen LogP contribution in [0.1, 0.15) is 49.7 Å². The number of aliphatic carboxylic acids is 1. The van der Waals surface area contributed by atoms with Gasteiger partial charge in [0, 0.05) is 31.3 Å². The highest BCUT2D eigenvalue weighted by Gasteiger charge is 2.31. The van der Waals surface area contributed by atoms with Crippen LogP contribution in [0.25, 0.3) is 11.1 Å². The van der Waals surface area contributed by atoms with Crippen molar-refractivity contribution < 1.29 is 24.2 Å². The van der Waals surface area contributed by atoms with Crippen molar-refractivity contribution in [3.63, 3.8) is 0 Å². The van der Waals surface area contributed by atoms with Gasteiger partial charge >= 0.3 is 12.1 Å². The zero-order valence-electron chi connectivity index (χ0n) is 18.8. The van der Waals surface area contributed by atoms with Crippen LogP contribution < -0.4 is 10.6 Å². The van der Waals surface area contributed by atoms with Crippen LogP contribution in [0.2, 0.25) is 0 Å². The van der Waals surface area contributed by atoms with Gasteiger partial charge in [-0.15, -0.1) is 0 Å². The molecule has 4 rings (SSSR count). The molecule has 33 heavy (non-hydrogen) atoms. The average Bonchev–Trinajstić information content (AvgIpc) is 3.07. The first-order valence-corrected chi connectivity index (χ1v) is 11.5. The van der Waals surface area contributed by atoms with Gasteiger partial charge in [-0.25, -0.2) is 4.79 Å². The van der Waals surface area contributed by atoms with Gasteiger partial charge in [-0.2, -0.15) is 0 Å². The molecular weight excluding hydrogens is 420 g/mol. The Hall–Kier alpha value is -3.35. The van der Waals surface area contributed by atoms with Crippen LogP contribution in [0.15, 0.2) is 48.5 Å². The van der Waals surface area contributed by atoms with Crippen LogP contribution in [-0.2, 0) is 14.3 Å². The van der Waals surface area contributed by atoms with E-state index in [-0.39, 0.29) is 43.2 Å². The Morgan fingerprint density at radius 3 is 2.21 bits per heavy atom. The first kappa shape index (κ1) is 22.8. The van der Waals surface area contributed by atoms with Crippen molar-refractivity contribution in [3.8, 4) is 11.1 Å². The van der Waals surface area contributed by atoms with E-state index < -0.39 is 12.1 Å². The van der Waals surface area contributed by atoms with Crippen LogP contribution in [0.4, 0.5) is 4.79 Å². The molecule has 0 unspecified atom stereocenters. The third-order valence-corrected chi connectivity index (χ3v) is 6.58. The van der Waals surface area contributed by atoms with Crippen molar-refractivity contribution in [2.75, 3.05) is 13.2 Å². The van der Waals surface area contributed by atoms with Gasteiger partial charge in [0.2, 0.25) is 5.91 Å². The summed E-state index contributed by atoms with van der Waals surface area (Å²) >= 11 is 0. The summed E-state index contributed by atoms with van der Waals surface area (Å²) in [5.41, 5.74) is 4.65. The number of alkyl carbamates (subject to hydrolysis) is 1. The first-order chi connectivity index (χ1) is 15.9. The molecule has 0 bridgehead atoms. The summed E-state index contributed by atoms with van der Waals surface area (Å²) in [7, 11) is 0. The van der Waals surface area contributed by atoms with E-state index in [2.05, 4.69) is 34.9 Å². The molecule has 1 saturated carbocycles. The van der Waals surface area contributed by atoms with Crippen LogP contribution in [0, 0.1) is 11.8 Å². The Morgan fingerprint density at radius 1 is 1.00 bits per heavy atom. The minimum Gasteiger partial charge on any atom is -0.481 e. The van der Waals surface area contributed by atoms with E-state index in [1.807, 2.05) is 24.3 Å². The molecule has 2 amide bonds. The summed E-state index contributed by atoms with van der Waals surface area (Å²) in [4.78, 5) is 35.2. The van der Waals surface area contributed by atoms with Gasteiger partial charge in [-0.3, -0.25) is 9.59 Å². The molecule has 2 aliphatic carbocycles. The largest absolute Gasteiger partial charge is 0.481 e. The van der Waals surface area contributed by atoms with Crippen molar-refractivity contribution in [3.05, 3.63) is 59.7 Å². The SMILES string of the molecule is C[C@H](CC(=O)NCC1CC(CC(=O)O)C1)NC(=O)OCC1c2ccccc2-c2ccccc21. The zero-order chi connectivity index (χ0) is 23.4. The molecule has 2 aromatic rings. The number of fused-ring (bicyclic) bond motifs is 3. The normalized spacial score (nSPS) is 19.5. The summed E-state index contributed by atoms with van der Waals surface area (Å²) in [5, 5.41) is 14.4. The van der Waals surface area contributed by atoms with Crippen molar-refractivity contribution in [1.82, 2.24) is 10.6 Å². The van der Waals surface area contributed by atoms with E-state index >= 15 is 0 Å². The summed E-state index contributed by atoms with van der Waals surface area (Å²) in [6.45, 7) is 2.55. The molecule has 1 atom stereocenters. The highest BCUT2D eigenvalue weighted by molar-refractivity contribution is 5.79. The van der Waals surface area contributed by atoms with Crippen molar-refractivity contribution in [1.29, 1.82) is 0 Å². The quantitative estimate of drug-likeness (QED) is 0.537. The van der Waals surface area contributed by atoms with Crippen LogP contribution in [0.3, 0.4) is 0 Å². The van der Waals surface area contributed by atoms with Crippen molar-refractivity contribution in [2.45, 2.75) is 44.6 Å². The number of carbonyl (C=O) groups excluding carboxylic acids is 2. The van der Waals surface area contributed by atoms with Gasteiger partial charge in [-0.05, 0) is 53.9 Å². The number of carbonyl (C=O) groups is 3. The Morgan fingerprint density at radius 2 is 1.61 bits per heavy atom. The smallest absolute Gasteiger partial charge is 0.407 e. The summed E-state index contributed by atoms with van der Waals surface area (Å²) < 4.78 is 5.53. The standard InChI is InChI=1S/C26H30N2O5/c1-16(10-24(29)27-14-18-11-17(12-18)13-25(30)31)28-26(32)33-15-23-21-8-4-2-6-19(21)20-7-3-5-9-22(20)23/h2-9,16-18,23H,10-15H2,1H3,(H,27,29)(H,28,32)(H,30,31)/t16-,17?,18?/m1/s1.